The maximum atomic E-state index is 13.1. The van der Waals surface area contributed by atoms with Gasteiger partial charge in [0, 0.05) is 54.3 Å². The quantitative estimate of drug-likeness (QED) is 0.113. The molecule has 0 unspecified atom stereocenters. The van der Waals surface area contributed by atoms with E-state index >= 15 is 0 Å². The van der Waals surface area contributed by atoms with Gasteiger partial charge in [-0.15, -0.1) is 11.8 Å². The van der Waals surface area contributed by atoms with Gasteiger partial charge in [0.05, 0.1) is 11.0 Å². The molecule has 1 fully saturated rings. The Morgan fingerprint density at radius 3 is 2.48 bits per heavy atom. The lowest BCUT2D eigenvalue weighted by molar-refractivity contribution is 0.0727. The molecule has 1 aliphatic rings. The zero-order chi connectivity index (χ0) is 29.6. The Kier molecular flexibility index (Phi) is 9.09. The molecule has 6 N–H and O–H groups in total. The summed E-state index contributed by atoms with van der Waals surface area (Å²) in [5.41, 5.74) is 13.5. The van der Waals surface area contributed by atoms with Crippen LogP contribution >= 0.6 is 11.8 Å². The summed E-state index contributed by atoms with van der Waals surface area (Å²) in [5.74, 6) is 0.827. The van der Waals surface area contributed by atoms with E-state index in [1.165, 1.54) is 0 Å². The predicted octanol–water partition coefficient (Wildman–Crippen LogP) is 4.30. The Hall–Kier alpha value is -4.35. The molecule has 2 heterocycles. The first-order chi connectivity index (χ1) is 20.3. The number of rotatable bonds is 9. The summed E-state index contributed by atoms with van der Waals surface area (Å²) in [6.07, 6.45) is 5.02. The summed E-state index contributed by atoms with van der Waals surface area (Å²) in [6, 6.07) is 20.9. The number of nitrogens with one attached hydrogen (secondary N) is 4. The van der Waals surface area contributed by atoms with E-state index in [0.29, 0.717) is 24.2 Å². The normalized spacial score (nSPS) is 14.0. The highest BCUT2D eigenvalue weighted by atomic mass is 32.2. The summed E-state index contributed by atoms with van der Waals surface area (Å²) in [5, 5.41) is 15.4. The maximum Gasteiger partial charge on any atom is 0.319 e. The molecule has 42 heavy (non-hydrogen) atoms. The van der Waals surface area contributed by atoms with Crippen molar-refractivity contribution in [3.8, 4) is 0 Å². The lowest BCUT2D eigenvalue weighted by atomic mass is 10.1. The van der Waals surface area contributed by atoms with E-state index in [1.807, 2.05) is 85.0 Å². The molecule has 11 heteroatoms. The molecule has 0 radical (unpaired) electrons. The van der Waals surface area contributed by atoms with Crippen LogP contribution in [0, 0.1) is 5.41 Å². The number of anilines is 1. The van der Waals surface area contributed by atoms with Gasteiger partial charge in [0.25, 0.3) is 5.91 Å². The minimum Gasteiger partial charge on any atom is -0.384 e. The van der Waals surface area contributed by atoms with Gasteiger partial charge in [-0.2, -0.15) is 0 Å². The minimum absolute atomic E-state index is 0.0391. The number of urea groups is 1. The van der Waals surface area contributed by atoms with Crippen LogP contribution in [0.2, 0.25) is 0 Å². The number of hydrazine groups is 1. The topological polar surface area (TPSA) is 141 Å². The number of aryl methyl sites for hydroxylation is 3. The summed E-state index contributed by atoms with van der Waals surface area (Å²) >= 11 is 1.63. The Labute approximate surface area is 249 Å². The first-order valence-corrected chi connectivity index (χ1v) is 15.2. The third-order valence-electron chi connectivity index (χ3n) is 7.56. The number of hydrogen-bond donors (Lipinski definition) is 5. The van der Waals surface area contributed by atoms with Crippen molar-refractivity contribution in [1.82, 2.24) is 25.3 Å². The molecule has 0 spiro atoms. The van der Waals surface area contributed by atoms with Gasteiger partial charge in [-0.3, -0.25) is 15.6 Å². The van der Waals surface area contributed by atoms with Crippen LogP contribution < -0.4 is 21.8 Å². The molecule has 0 atom stereocenters. The molecule has 1 aromatic heterocycles. The van der Waals surface area contributed by atoms with E-state index in [1.54, 1.807) is 11.8 Å². The van der Waals surface area contributed by atoms with Gasteiger partial charge in [0.2, 0.25) is 0 Å². The molecule has 5 rings (SSSR count). The number of piperidine rings is 1. The van der Waals surface area contributed by atoms with Crippen molar-refractivity contribution in [1.29, 1.82) is 5.41 Å². The van der Waals surface area contributed by atoms with E-state index in [2.05, 4.69) is 20.6 Å². The van der Waals surface area contributed by atoms with E-state index < -0.39 is 0 Å². The highest BCUT2D eigenvalue weighted by Crippen LogP contribution is 2.20. The highest BCUT2D eigenvalue weighted by molar-refractivity contribution is 7.98. The predicted molar refractivity (Wildman–Crippen MR) is 168 cm³/mol. The monoisotopic (exact) mass is 584 g/mol. The Balaban J connectivity index is 1.12. The maximum absolute atomic E-state index is 13.1. The van der Waals surface area contributed by atoms with Crippen molar-refractivity contribution in [3.05, 3.63) is 89.2 Å². The molecule has 3 amide bonds. The molecule has 218 valence electrons. The number of amides is 3. The first-order valence-electron chi connectivity index (χ1n) is 14.0. The van der Waals surface area contributed by atoms with E-state index in [-0.39, 0.29) is 23.8 Å². The summed E-state index contributed by atoms with van der Waals surface area (Å²) in [6.45, 7) is 1.28. The van der Waals surface area contributed by atoms with Crippen molar-refractivity contribution in [3.63, 3.8) is 0 Å². The van der Waals surface area contributed by atoms with Crippen LogP contribution in [0.5, 0.6) is 0 Å². The van der Waals surface area contributed by atoms with Crippen molar-refractivity contribution in [2.75, 3.05) is 24.7 Å². The first kappa shape index (κ1) is 29.2. The second kappa shape index (κ2) is 13.1. The molecule has 1 saturated heterocycles. The number of benzene rings is 3. The fourth-order valence-corrected chi connectivity index (χ4v) is 5.58. The van der Waals surface area contributed by atoms with Gasteiger partial charge < -0.3 is 20.9 Å². The number of fused-ring (bicyclic) bond motifs is 1. The molecule has 4 aromatic rings. The van der Waals surface area contributed by atoms with Crippen LogP contribution in [0.15, 0.2) is 71.6 Å². The number of nitrogens with two attached hydrogens (primary N) is 1. The number of hydrogen-bond acceptors (Lipinski definition) is 6. The Bertz CT molecular complexity index is 1590. The molecule has 0 saturated carbocycles. The SMILES string of the molecule is CSc1cccc(NC(=O)NC2CCN(NC(=O)c3ccc4c(c3)nc(CCc3ccc(C(=N)N)cc3)n4C)CC2)c1. The van der Waals surface area contributed by atoms with Gasteiger partial charge in [-0.05, 0) is 67.5 Å². The number of nitrogen functional groups attached to an aromatic ring is 1. The van der Waals surface area contributed by atoms with Gasteiger partial charge in [-0.1, -0.05) is 30.3 Å². The molecule has 0 bridgehead atoms. The summed E-state index contributed by atoms with van der Waals surface area (Å²) in [4.78, 5) is 31.4. The van der Waals surface area contributed by atoms with Crippen LogP contribution in [0.1, 0.15) is 40.2 Å². The highest BCUT2D eigenvalue weighted by Gasteiger charge is 2.22. The summed E-state index contributed by atoms with van der Waals surface area (Å²) < 4.78 is 2.06. The molecule has 10 nitrogen and oxygen atoms in total. The second-order valence-electron chi connectivity index (χ2n) is 10.4. The minimum atomic E-state index is -0.218. The van der Waals surface area contributed by atoms with Crippen LogP contribution in [0.3, 0.4) is 0 Å². The van der Waals surface area contributed by atoms with Crippen molar-refractivity contribution in [2.45, 2.75) is 36.6 Å². The average Bonchev–Trinajstić information content (AvgIpc) is 3.31. The van der Waals surface area contributed by atoms with Gasteiger partial charge >= 0.3 is 6.03 Å². The number of carbonyl (C=O) groups excluding carboxylic acids is 2. The van der Waals surface area contributed by atoms with E-state index in [9.17, 15) is 9.59 Å². The number of nitrogens with zero attached hydrogens (tertiary/aromatic N) is 3. The second-order valence-corrected chi connectivity index (χ2v) is 11.3. The van der Waals surface area contributed by atoms with Gasteiger partial charge in [0.15, 0.2) is 0 Å². The van der Waals surface area contributed by atoms with Gasteiger partial charge in [0.1, 0.15) is 11.7 Å². The van der Waals surface area contributed by atoms with Crippen molar-refractivity contribution in [2.24, 2.45) is 12.8 Å². The number of amidine groups is 1. The number of carbonyl (C=O) groups is 2. The van der Waals surface area contributed by atoms with Crippen LogP contribution in [-0.2, 0) is 19.9 Å². The largest absolute Gasteiger partial charge is 0.384 e. The molecule has 1 aliphatic heterocycles. The third kappa shape index (κ3) is 7.10. The number of thioether (sulfide) groups is 1. The average molecular weight is 585 g/mol. The summed E-state index contributed by atoms with van der Waals surface area (Å²) in [7, 11) is 1.99. The van der Waals surface area contributed by atoms with Crippen molar-refractivity contribution >= 4 is 46.3 Å². The smallest absolute Gasteiger partial charge is 0.319 e. The lowest BCUT2D eigenvalue weighted by Gasteiger charge is -2.32. The zero-order valence-electron chi connectivity index (χ0n) is 23.8. The molecule has 3 aromatic carbocycles. The molecular formula is C31H36N8O2S. The van der Waals surface area contributed by atoms with E-state index in [0.717, 1.165) is 58.7 Å². The van der Waals surface area contributed by atoms with Crippen LogP contribution in [-0.4, -0.2) is 57.7 Å². The van der Waals surface area contributed by atoms with E-state index in [4.69, 9.17) is 16.1 Å². The molecule has 0 aliphatic carbocycles. The molecular weight excluding hydrogens is 548 g/mol. The third-order valence-corrected chi connectivity index (χ3v) is 8.28. The Morgan fingerprint density at radius 1 is 1.02 bits per heavy atom. The van der Waals surface area contributed by atoms with Crippen molar-refractivity contribution < 1.29 is 9.59 Å². The zero-order valence-corrected chi connectivity index (χ0v) is 24.6. The fourth-order valence-electron chi connectivity index (χ4n) is 5.12. The fraction of sp³-hybridized carbons (Fsp3) is 0.290. The Morgan fingerprint density at radius 2 is 1.76 bits per heavy atom. The number of aromatic nitrogens is 2. The van der Waals surface area contributed by atoms with Crippen LogP contribution in [0.25, 0.3) is 11.0 Å². The standard InChI is InChI=1S/C31H36N8O2S/c1-38-27-12-11-22(18-26(27)36-28(38)13-8-20-6-9-21(10-7-20)29(32)33)30(40)37-39-16-14-23(15-17-39)34-31(41)35-24-4-3-5-25(19-24)42-2/h3-7,9-12,18-19,23H,8,13-17H2,1-2H3,(H3,32,33)(H,37,40)(H2,34,35,41). The number of imidazole rings is 1. The van der Waals surface area contributed by atoms with Gasteiger partial charge in [-0.25, -0.2) is 14.8 Å². The van der Waals surface area contributed by atoms with Crippen LogP contribution in [0.4, 0.5) is 10.5 Å². The lowest BCUT2D eigenvalue weighted by Crippen LogP contribution is -2.51.